The van der Waals surface area contributed by atoms with Gasteiger partial charge in [-0.3, -0.25) is 0 Å². The lowest BCUT2D eigenvalue weighted by atomic mass is 10.1. The number of quaternary nitrogens is 1. The van der Waals surface area contributed by atoms with Gasteiger partial charge in [0.2, 0.25) is 0 Å². The molecule has 1 atom stereocenters. The van der Waals surface area contributed by atoms with Crippen molar-refractivity contribution in [2.75, 3.05) is 47.7 Å². The van der Waals surface area contributed by atoms with Gasteiger partial charge < -0.3 is 9.47 Å². The second-order valence-electron chi connectivity index (χ2n) is 5.03. The zero-order chi connectivity index (χ0) is 14.7. The minimum Gasteiger partial charge on any atom is -0.379 e. The van der Waals surface area contributed by atoms with Gasteiger partial charge in [0.15, 0.2) is 6.54 Å². The topological polar surface area (TPSA) is 49.5 Å². The van der Waals surface area contributed by atoms with Crippen molar-refractivity contribution in [1.82, 2.24) is 0 Å². The summed E-state index contributed by atoms with van der Waals surface area (Å²) >= 11 is 0. The summed E-state index contributed by atoms with van der Waals surface area (Å²) in [4.78, 5) is 15.4. The van der Waals surface area contributed by atoms with Crippen molar-refractivity contribution in [3.05, 3.63) is 0 Å². The monoisotopic (exact) mass is 292 g/mol. The van der Waals surface area contributed by atoms with Crippen LogP contribution in [0.15, 0.2) is 0 Å². The molecule has 0 N–H and O–H groups in total. The van der Waals surface area contributed by atoms with Gasteiger partial charge in [0.25, 0.3) is 0 Å². The van der Waals surface area contributed by atoms with Crippen molar-refractivity contribution in [1.29, 1.82) is 0 Å². The van der Waals surface area contributed by atoms with E-state index in [1.807, 2.05) is 0 Å². The number of epoxide rings is 1. The predicted molar refractivity (Wildman–Crippen MR) is 74.4 cm³/mol. The van der Waals surface area contributed by atoms with Crippen LogP contribution in [0.3, 0.4) is 0 Å². The summed E-state index contributed by atoms with van der Waals surface area (Å²) in [6.45, 7) is 3.21. The van der Waals surface area contributed by atoms with E-state index < -0.39 is 0 Å². The van der Waals surface area contributed by atoms with E-state index in [1.165, 1.54) is 19.3 Å². The van der Waals surface area contributed by atoms with Gasteiger partial charge in [-0.1, -0.05) is 19.3 Å². The van der Waals surface area contributed by atoms with E-state index in [0.717, 1.165) is 39.1 Å². The molecule has 1 rings (SSSR count). The fourth-order valence-corrected chi connectivity index (χ4v) is 2.09. The van der Waals surface area contributed by atoms with Gasteiger partial charge in [-0.2, -0.15) is 0 Å². The van der Waals surface area contributed by atoms with E-state index in [2.05, 4.69) is 0 Å². The molecule has 0 bridgehead atoms. The Morgan fingerprint density at radius 3 is 2.00 bits per heavy atom. The van der Waals surface area contributed by atoms with Crippen molar-refractivity contribution in [3.63, 3.8) is 0 Å². The fraction of sp³-hybridized carbons (Fsp3) is 1.00. The third-order valence-electron chi connectivity index (χ3n) is 3.51. The van der Waals surface area contributed by atoms with Crippen LogP contribution in [-0.4, -0.2) is 58.8 Å². The highest BCUT2D eigenvalue weighted by Crippen LogP contribution is 2.13. The summed E-state index contributed by atoms with van der Waals surface area (Å²) in [5, 5.41) is 0. The Labute approximate surface area is 122 Å². The van der Waals surface area contributed by atoms with Gasteiger partial charge >= 0.3 is 0 Å². The van der Waals surface area contributed by atoms with E-state index in [0.29, 0.717) is 12.6 Å². The Balaban J connectivity index is 1.83. The zero-order valence-corrected chi connectivity index (χ0v) is 13.1. The summed E-state index contributed by atoms with van der Waals surface area (Å²) in [6, 6.07) is 0. The van der Waals surface area contributed by atoms with Gasteiger partial charge in [-0.25, -0.2) is 0 Å². The highest BCUT2D eigenvalue weighted by molar-refractivity contribution is 4.66. The molecule has 0 aromatic rings. The molecule has 1 aliphatic heterocycles. The van der Waals surface area contributed by atoms with Gasteiger partial charge in [-0.15, -0.1) is 14.5 Å². The molecule has 0 aromatic heterocycles. The molecule has 0 spiro atoms. The number of rotatable bonds is 14. The number of unbranched alkanes of at least 4 members (excludes halogenated alkanes) is 5. The molecule has 0 aliphatic carbocycles. The second kappa shape index (κ2) is 10.5. The predicted octanol–water partition coefficient (Wildman–Crippen LogP) is 2.24. The first-order chi connectivity index (χ1) is 9.76. The molecule has 1 unspecified atom stereocenters. The first kappa shape index (κ1) is 17.8. The van der Waals surface area contributed by atoms with Crippen molar-refractivity contribution in [3.8, 4) is 0 Å². The van der Waals surface area contributed by atoms with Gasteiger partial charge in [0, 0.05) is 13.0 Å². The van der Waals surface area contributed by atoms with E-state index in [4.69, 9.17) is 24.0 Å². The smallest absolute Gasteiger partial charge is 0.178 e. The lowest BCUT2D eigenvalue weighted by molar-refractivity contribution is -1.36. The van der Waals surface area contributed by atoms with Crippen LogP contribution in [0.25, 0.3) is 0 Å². The number of hydrogen-bond acceptors (Lipinski definition) is 5. The molecule has 0 aromatic carbocycles. The van der Waals surface area contributed by atoms with Crippen LogP contribution in [0.1, 0.15) is 38.5 Å². The number of nitrogens with zero attached hydrogens (tertiary/aromatic N) is 1. The average Bonchev–Trinajstić information content (AvgIpc) is 3.30. The quantitative estimate of drug-likeness (QED) is 0.213. The molecule has 1 aliphatic rings. The Morgan fingerprint density at radius 2 is 1.45 bits per heavy atom. The molecule has 120 valence electrons. The van der Waals surface area contributed by atoms with Crippen LogP contribution >= 0.6 is 0 Å². The van der Waals surface area contributed by atoms with Crippen molar-refractivity contribution in [2.45, 2.75) is 44.6 Å². The average molecular weight is 292 g/mol. The number of hydroxylamine groups is 3. The highest BCUT2D eigenvalue weighted by Gasteiger charge is 2.29. The van der Waals surface area contributed by atoms with Crippen LogP contribution < -0.4 is 0 Å². The summed E-state index contributed by atoms with van der Waals surface area (Å²) in [6.07, 6.45) is 7.40. The van der Waals surface area contributed by atoms with Crippen LogP contribution in [-0.2, 0) is 24.0 Å². The molecule has 6 nitrogen and oxygen atoms in total. The fourth-order valence-electron chi connectivity index (χ4n) is 2.09. The van der Waals surface area contributed by atoms with Crippen molar-refractivity contribution < 1.29 is 29.0 Å². The standard InChI is InChI=1S/C14H30NO5/c1-16-15(17-2,18-3)10-8-6-4-5-7-9-11-19-12-14-13-20-14/h14H,4-13H2,1-3H3/q+1. The van der Waals surface area contributed by atoms with E-state index in [1.54, 1.807) is 21.3 Å². The van der Waals surface area contributed by atoms with Gasteiger partial charge in [-0.05, 0) is 12.8 Å². The molecule has 1 heterocycles. The lowest BCUT2D eigenvalue weighted by Gasteiger charge is -2.24. The normalized spacial score (nSPS) is 18.4. The molecule has 0 amide bonds. The largest absolute Gasteiger partial charge is 0.379 e. The molecule has 0 saturated carbocycles. The Kier molecular flexibility index (Phi) is 9.33. The maximum atomic E-state index is 5.50. The third kappa shape index (κ3) is 7.52. The van der Waals surface area contributed by atoms with Crippen LogP contribution in [0.2, 0.25) is 0 Å². The summed E-state index contributed by atoms with van der Waals surface area (Å²) in [5.74, 6) is 0. The minimum atomic E-state index is -0.197. The van der Waals surface area contributed by atoms with E-state index >= 15 is 0 Å². The molecule has 0 radical (unpaired) electrons. The van der Waals surface area contributed by atoms with Gasteiger partial charge in [0.1, 0.15) is 27.4 Å². The Hall–Kier alpha value is -0.240. The van der Waals surface area contributed by atoms with E-state index in [9.17, 15) is 0 Å². The third-order valence-corrected chi connectivity index (χ3v) is 3.51. The molecule has 20 heavy (non-hydrogen) atoms. The first-order valence-corrected chi connectivity index (χ1v) is 7.51. The first-order valence-electron chi connectivity index (χ1n) is 7.51. The van der Waals surface area contributed by atoms with Crippen LogP contribution in [0.4, 0.5) is 0 Å². The van der Waals surface area contributed by atoms with Crippen LogP contribution in [0.5, 0.6) is 0 Å². The lowest BCUT2D eigenvalue weighted by Crippen LogP contribution is -2.45. The van der Waals surface area contributed by atoms with Crippen LogP contribution in [0, 0.1) is 0 Å². The molecular formula is C14H30NO5+. The van der Waals surface area contributed by atoms with E-state index in [-0.39, 0.29) is 4.97 Å². The number of ether oxygens (including phenoxy) is 2. The maximum absolute atomic E-state index is 5.50. The molecule has 6 heteroatoms. The maximum Gasteiger partial charge on any atom is 0.178 e. The zero-order valence-electron chi connectivity index (χ0n) is 13.1. The highest BCUT2D eigenvalue weighted by atomic mass is 17.2. The minimum absolute atomic E-state index is 0.197. The number of hydrogen-bond donors (Lipinski definition) is 0. The van der Waals surface area contributed by atoms with Crippen molar-refractivity contribution in [2.24, 2.45) is 0 Å². The molecular weight excluding hydrogens is 262 g/mol. The Morgan fingerprint density at radius 1 is 0.900 bits per heavy atom. The summed E-state index contributed by atoms with van der Waals surface area (Å²) < 4.78 is 10.6. The molecule has 1 fully saturated rings. The Bertz CT molecular complexity index is 223. The second-order valence-corrected chi connectivity index (χ2v) is 5.03. The molecule has 1 saturated heterocycles. The van der Waals surface area contributed by atoms with Gasteiger partial charge in [0.05, 0.1) is 18.2 Å². The van der Waals surface area contributed by atoms with Crippen molar-refractivity contribution >= 4 is 0 Å². The summed E-state index contributed by atoms with van der Waals surface area (Å²) in [5.41, 5.74) is 0. The SMILES string of the molecule is CO[N+](CCCCCCCCOCC1CO1)(OC)OC. The summed E-state index contributed by atoms with van der Waals surface area (Å²) in [7, 11) is 4.75.